The molecule has 0 fully saturated rings. The Morgan fingerprint density at radius 1 is 0.857 bits per heavy atom. The highest BCUT2D eigenvalue weighted by Gasteiger charge is 2.06. The van der Waals surface area contributed by atoms with Crippen molar-refractivity contribution < 1.29 is 19.1 Å². The molecule has 0 aliphatic rings. The van der Waals surface area contributed by atoms with Crippen LogP contribution in [0.2, 0.25) is 0 Å². The second-order valence-electron chi connectivity index (χ2n) is 6.77. The van der Waals surface area contributed by atoms with E-state index in [1.807, 2.05) is 24.3 Å². The average Bonchev–Trinajstić information content (AvgIpc) is 2.68. The number of hydrogen-bond acceptors (Lipinski definition) is 4. The van der Waals surface area contributed by atoms with Gasteiger partial charge in [-0.05, 0) is 61.9 Å². The Kier molecular flexibility index (Phi) is 7.76. The Hall–Kier alpha value is -3.14. The van der Waals surface area contributed by atoms with Crippen molar-refractivity contribution in [2.75, 3.05) is 6.61 Å². The van der Waals surface area contributed by atoms with Crippen molar-refractivity contribution in [1.29, 1.82) is 0 Å². The molecule has 0 unspecified atom stereocenters. The van der Waals surface area contributed by atoms with E-state index in [0.29, 0.717) is 23.5 Å². The smallest absolute Gasteiger partial charge is 0.338 e. The van der Waals surface area contributed by atoms with Crippen molar-refractivity contribution in [3.8, 4) is 16.9 Å². The summed E-state index contributed by atoms with van der Waals surface area (Å²) in [5.41, 5.74) is 4.16. The summed E-state index contributed by atoms with van der Waals surface area (Å²) in [6.45, 7) is 10.8. The number of esters is 2. The molecule has 0 saturated carbocycles. The summed E-state index contributed by atoms with van der Waals surface area (Å²) < 4.78 is 10.3. The molecule has 146 valence electrons. The molecule has 0 aromatic heterocycles. The first-order chi connectivity index (χ1) is 13.4. The van der Waals surface area contributed by atoms with Gasteiger partial charge in [-0.3, -0.25) is 0 Å². The zero-order valence-corrected chi connectivity index (χ0v) is 16.5. The lowest BCUT2D eigenvalue weighted by atomic mass is 10.0. The lowest BCUT2D eigenvalue weighted by molar-refractivity contribution is -0.139. The summed E-state index contributed by atoms with van der Waals surface area (Å²) in [5.74, 6) is -0.264. The zero-order chi connectivity index (χ0) is 20.5. The number of benzene rings is 2. The standard InChI is InChI=1S/C24H26O4/c1-17(2)23(25)27-15-6-5-8-19-9-7-10-21(16-19)20-11-13-22(14-12-20)28-24(26)18(3)4/h7,9-14,16H,1,3,5-6,8,15H2,2,4H3. The monoisotopic (exact) mass is 378 g/mol. The van der Waals surface area contributed by atoms with Gasteiger partial charge in [0.25, 0.3) is 0 Å². The normalized spacial score (nSPS) is 10.2. The third-order valence-electron chi connectivity index (χ3n) is 4.12. The minimum atomic E-state index is -0.427. The Balaban J connectivity index is 1.90. The van der Waals surface area contributed by atoms with Crippen LogP contribution < -0.4 is 4.74 Å². The predicted molar refractivity (Wildman–Crippen MR) is 111 cm³/mol. The fourth-order valence-electron chi connectivity index (χ4n) is 2.54. The Morgan fingerprint density at radius 2 is 1.54 bits per heavy atom. The lowest BCUT2D eigenvalue weighted by Gasteiger charge is -2.08. The summed E-state index contributed by atoms with van der Waals surface area (Å²) in [7, 11) is 0. The second kappa shape index (κ2) is 10.3. The molecule has 0 saturated heterocycles. The van der Waals surface area contributed by atoms with Crippen LogP contribution in [-0.2, 0) is 20.7 Å². The molecule has 0 spiro atoms. The Bertz CT molecular complexity index is 862. The number of rotatable bonds is 9. The highest BCUT2D eigenvalue weighted by molar-refractivity contribution is 5.88. The summed E-state index contributed by atoms with van der Waals surface area (Å²) >= 11 is 0. The van der Waals surface area contributed by atoms with Crippen LogP contribution in [0, 0.1) is 0 Å². The van der Waals surface area contributed by atoms with Crippen molar-refractivity contribution in [1.82, 2.24) is 0 Å². The number of aryl methyl sites for hydroxylation is 1. The van der Waals surface area contributed by atoms with Crippen LogP contribution in [0.25, 0.3) is 11.1 Å². The summed E-state index contributed by atoms with van der Waals surface area (Å²) in [5, 5.41) is 0. The first-order valence-corrected chi connectivity index (χ1v) is 9.26. The van der Waals surface area contributed by atoms with E-state index in [9.17, 15) is 9.59 Å². The number of unbranched alkanes of at least 4 members (excludes halogenated alkanes) is 1. The number of hydrogen-bond donors (Lipinski definition) is 0. The topological polar surface area (TPSA) is 52.6 Å². The van der Waals surface area contributed by atoms with Gasteiger partial charge in [0, 0.05) is 11.1 Å². The van der Waals surface area contributed by atoms with Gasteiger partial charge in [0.1, 0.15) is 5.75 Å². The second-order valence-corrected chi connectivity index (χ2v) is 6.77. The van der Waals surface area contributed by atoms with Gasteiger partial charge in [-0.25, -0.2) is 9.59 Å². The van der Waals surface area contributed by atoms with Gasteiger partial charge in [-0.1, -0.05) is 49.6 Å². The van der Waals surface area contributed by atoms with Crippen molar-refractivity contribution in [3.63, 3.8) is 0 Å². The van der Waals surface area contributed by atoms with Gasteiger partial charge in [-0.2, -0.15) is 0 Å². The molecule has 28 heavy (non-hydrogen) atoms. The number of ether oxygens (including phenoxy) is 2. The molecule has 0 N–H and O–H groups in total. The maximum Gasteiger partial charge on any atom is 0.338 e. The minimum Gasteiger partial charge on any atom is -0.462 e. The predicted octanol–water partition coefficient (Wildman–Crippen LogP) is 5.28. The van der Waals surface area contributed by atoms with Crippen molar-refractivity contribution in [3.05, 3.63) is 78.4 Å². The van der Waals surface area contributed by atoms with Crippen LogP contribution in [0.4, 0.5) is 0 Å². The molecular weight excluding hydrogens is 352 g/mol. The molecule has 0 amide bonds. The average molecular weight is 378 g/mol. The molecule has 0 aliphatic carbocycles. The molecular formula is C24H26O4. The van der Waals surface area contributed by atoms with Crippen molar-refractivity contribution >= 4 is 11.9 Å². The van der Waals surface area contributed by atoms with E-state index in [1.54, 1.807) is 26.0 Å². The molecule has 4 nitrogen and oxygen atoms in total. The molecule has 2 aromatic carbocycles. The van der Waals surface area contributed by atoms with Gasteiger partial charge in [0.15, 0.2) is 0 Å². The van der Waals surface area contributed by atoms with Gasteiger partial charge >= 0.3 is 11.9 Å². The van der Waals surface area contributed by atoms with Crippen molar-refractivity contribution in [2.45, 2.75) is 33.1 Å². The third kappa shape index (κ3) is 6.54. The van der Waals surface area contributed by atoms with Crippen LogP contribution in [0.3, 0.4) is 0 Å². The molecule has 0 heterocycles. The van der Waals surface area contributed by atoms with E-state index < -0.39 is 5.97 Å². The van der Waals surface area contributed by atoms with Gasteiger partial charge in [0.2, 0.25) is 0 Å². The quantitative estimate of drug-likeness (QED) is 0.258. The van der Waals surface area contributed by atoms with E-state index in [-0.39, 0.29) is 5.97 Å². The van der Waals surface area contributed by atoms with Crippen LogP contribution in [0.1, 0.15) is 32.3 Å². The van der Waals surface area contributed by atoms with Crippen LogP contribution >= 0.6 is 0 Å². The minimum absolute atomic E-state index is 0.334. The summed E-state index contributed by atoms with van der Waals surface area (Å²) in [6.07, 6.45) is 2.65. The van der Waals surface area contributed by atoms with E-state index in [2.05, 4.69) is 25.3 Å². The van der Waals surface area contributed by atoms with Gasteiger partial charge < -0.3 is 9.47 Å². The van der Waals surface area contributed by atoms with Crippen LogP contribution in [0.15, 0.2) is 72.8 Å². The van der Waals surface area contributed by atoms with E-state index in [0.717, 1.165) is 30.4 Å². The molecule has 2 rings (SSSR count). The fourth-order valence-corrected chi connectivity index (χ4v) is 2.54. The maximum atomic E-state index is 11.6. The molecule has 0 bridgehead atoms. The van der Waals surface area contributed by atoms with Crippen LogP contribution in [-0.4, -0.2) is 18.5 Å². The lowest BCUT2D eigenvalue weighted by Crippen LogP contribution is -2.07. The third-order valence-corrected chi connectivity index (χ3v) is 4.12. The molecule has 0 atom stereocenters. The summed E-state index contributed by atoms with van der Waals surface area (Å²) in [6, 6.07) is 15.7. The number of carbonyl (C=O) groups excluding carboxylic acids is 2. The van der Waals surface area contributed by atoms with E-state index in [4.69, 9.17) is 9.47 Å². The van der Waals surface area contributed by atoms with Crippen LogP contribution in [0.5, 0.6) is 5.75 Å². The molecule has 0 radical (unpaired) electrons. The Labute approximate surface area is 166 Å². The van der Waals surface area contributed by atoms with E-state index in [1.165, 1.54) is 5.56 Å². The highest BCUT2D eigenvalue weighted by atomic mass is 16.5. The molecule has 0 aliphatic heterocycles. The van der Waals surface area contributed by atoms with Crippen molar-refractivity contribution in [2.24, 2.45) is 0 Å². The van der Waals surface area contributed by atoms with E-state index >= 15 is 0 Å². The molecule has 2 aromatic rings. The summed E-state index contributed by atoms with van der Waals surface area (Å²) in [4.78, 5) is 22.9. The SMILES string of the molecule is C=C(C)C(=O)OCCCCc1cccc(-c2ccc(OC(=O)C(=C)C)cc2)c1. The van der Waals surface area contributed by atoms with Gasteiger partial charge in [-0.15, -0.1) is 0 Å². The van der Waals surface area contributed by atoms with Gasteiger partial charge in [0.05, 0.1) is 6.61 Å². The first kappa shape index (κ1) is 21.2. The highest BCUT2D eigenvalue weighted by Crippen LogP contribution is 2.24. The molecule has 4 heteroatoms. The number of carbonyl (C=O) groups is 2. The Morgan fingerprint density at radius 3 is 2.18 bits per heavy atom. The maximum absolute atomic E-state index is 11.6. The fraction of sp³-hybridized carbons (Fsp3) is 0.250. The first-order valence-electron chi connectivity index (χ1n) is 9.26. The zero-order valence-electron chi connectivity index (χ0n) is 16.5. The largest absolute Gasteiger partial charge is 0.462 e.